The summed E-state index contributed by atoms with van der Waals surface area (Å²) in [6, 6.07) is 0.0575. The molecule has 1 saturated heterocycles. The monoisotopic (exact) mass is 261 g/mol. The molecule has 2 aliphatic rings. The van der Waals surface area contributed by atoms with E-state index >= 15 is 0 Å². The first-order valence-electron chi connectivity index (χ1n) is 5.88. The zero-order chi connectivity index (χ0) is 12.7. The van der Waals surface area contributed by atoms with Crippen molar-refractivity contribution in [2.75, 3.05) is 32.2 Å². The van der Waals surface area contributed by atoms with Gasteiger partial charge in [-0.2, -0.15) is 0 Å². The Morgan fingerprint density at radius 2 is 2.12 bits per heavy atom. The molecule has 0 radical (unpaired) electrons. The number of ether oxygens (including phenoxy) is 1. The van der Waals surface area contributed by atoms with Gasteiger partial charge in [0.05, 0.1) is 24.0 Å². The van der Waals surface area contributed by atoms with Gasteiger partial charge < -0.3 is 9.64 Å². The van der Waals surface area contributed by atoms with E-state index in [0.717, 1.165) is 12.8 Å². The molecule has 0 N–H and O–H groups in total. The number of esters is 1. The van der Waals surface area contributed by atoms with Crippen molar-refractivity contribution in [2.24, 2.45) is 5.41 Å². The number of hydrogen-bond acceptors (Lipinski definition) is 5. The molecule has 0 amide bonds. The highest BCUT2D eigenvalue weighted by Gasteiger charge is 2.52. The van der Waals surface area contributed by atoms with Crippen LogP contribution in [0.15, 0.2) is 0 Å². The minimum Gasteiger partial charge on any atom is -0.469 e. The topological polar surface area (TPSA) is 63.7 Å². The lowest BCUT2D eigenvalue weighted by molar-refractivity contribution is -0.147. The quantitative estimate of drug-likeness (QED) is 0.670. The molecule has 0 bridgehead atoms. The average molecular weight is 261 g/mol. The van der Waals surface area contributed by atoms with Gasteiger partial charge in [-0.05, 0) is 26.3 Å². The third-order valence-corrected chi connectivity index (χ3v) is 5.61. The Kier molecular flexibility index (Phi) is 3.20. The summed E-state index contributed by atoms with van der Waals surface area (Å²) in [5.74, 6) is 0.332. The molecule has 0 spiro atoms. The first kappa shape index (κ1) is 12.8. The van der Waals surface area contributed by atoms with E-state index in [1.807, 2.05) is 11.9 Å². The normalized spacial score (nSPS) is 29.2. The smallest absolute Gasteiger partial charge is 0.313 e. The molecule has 5 nitrogen and oxygen atoms in total. The van der Waals surface area contributed by atoms with Gasteiger partial charge in [0, 0.05) is 12.6 Å². The predicted octanol–water partition coefficient (Wildman–Crippen LogP) is 0.0585. The second-order valence-corrected chi connectivity index (χ2v) is 7.47. The van der Waals surface area contributed by atoms with Gasteiger partial charge in [0.1, 0.15) is 0 Å². The van der Waals surface area contributed by atoms with E-state index in [1.165, 1.54) is 7.11 Å². The van der Waals surface area contributed by atoms with E-state index in [9.17, 15) is 13.2 Å². The summed E-state index contributed by atoms with van der Waals surface area (Å²) in [5.41, 5.74) is -0.365. The number of hydrogen-bond donors (Lipinski definition) is 0. The largest absolute Gasteiger partial charge is 0.469 e. The lowest BCUT2D eigenvalue weighted by Gasteiger charge is -2.26. The van der Waals surface area contributed by atoms with Gasteiger partial charge in [-0.3, -0.25) is 4.79 Å². The van der Waals surface area contributed by atoms with Crippen molar-refractivity contribution >= 4 is 15.8 Å². The Hall–Kier alpha value is -0.620. The summed E-state index contributed by atoms with van der Waals surface area (Å²) in [7, 11) is 0.443. The summed E-state index contributed by atoms with van der Waals surface area (Å²) >= 11 is 0. The predicted molar refractivity (Wildman–Crippen MR) is 63.4 cm³/mol. The van der Waals surface area contributed by atoms with E-state index in [2.05, 4.69) is 0 Å². The second-order valence-electron chi connectivity index (χ2n) is 5.24. The van der Waals surface area contributed by atoms with E-state index in [1.54, 1.807) is 0 Å². The molecule has 2 rings (SSSR count). The van der Waals surface area contributed by atoms with Crippen molar-refractivity contribution in [3.8, 4) is 0 Å². The molecule has 1 atom stereocenters. The Labute approximate surface area is 102 Å². The Morgan fingerprint density at radius 1 is 1.47 bits per heavy atom. The number of carbonyl (C=O) groups excluding carboxylic acids is 1. The van der Waals surface area contributed by atoms with Gasteiger partial charge in [-0.25, -0.2) is 8.42 Å². The van der Waals surface area contributed by atoms with Gasteiger partial charge in [0.15, 0.2) is 9.84 Å². The summed E-state index contributed by atoms with van der Waals surface area (Å²) in [6.07, 6.45) is 2.38. The highest BCUT2D eigenvalue weighted by molar-refractivity contribution is 7.91. The van der Waals surface area contributed by atoms with E-state index < -0.39 is 9.84 Å². The number of methoxy groups -OCH3 is 1. The molecular weight excluding hydrogens is 242 g/mol. The van der Waals surface area contributed by atoms with Crippen LogP contribution in [0.5, 0.6) is 0 Å². The van der Waals surface area contributed by atoms with Crippen LogP contribution in [0.4, 0.5) is 0 Å². The molecule has 1 aliphatic carbocycles. The van der Waals surface area contributed by atoms with Crippen LogP contribution in [0.25, 0.3) is 0 Å². The third-order valence-electron chi connectivity index (χ3n) is 3.86. The van der Waals surface area contributed by atoms with E-state index in [4.69, 9.17) is 4.74 Å². The Balaban J connectivity index is 1.94. The van der Waals surface area contributed by atoms with Crippen LogP contribution in [-0.2, 0) is 19.4 Å². The third kappa shape index (κ3) is 2.63. The van der Waals surface area contributed by atoms with Crippen molar-refractivity contribution in [1.29, 1.82) is 0 Å². The molecule has 0 aromatic heterocycles. The summed E-state index contributed by atoms with van der Waals surface area (Å²) in [5, 5.41) is 0. The number of sulfone groups is 1. The zero-order valence-corrected chi connectivity index (χ0v) is 11.1. The molecule has 98 valence electrons. The van der Waals surface area contributed by atoms with Crippen molar-refractivity contribution in [1.82, 2.24) is 4.90 Å². The summed E-state index contributed by atoms with van der Waals surface area (Å²) in [4.78, 5) is 13.6. The maximum atomic E-state index is 11.6. The second kappa shape index (κ2) is 4.24. The van der Waals surface area contributed by atoms with Crippen molar-refractivity contribution < 1.29 is 17.9 Å². The highest BCUT2D eigenvalue weighted by Crippen LogP contribution is 2.47. The van der Waals surface area contributed by atoms with Crippen molar-refractivity contribution in [3.05, 3.63) is 0 Å². The maximum Gasteiger partial charge on any atom is 0.313 e. The lowest BCUT2D eigenvalue weighted by Crippen LogP contribution is -2.39. The molecular formula is C11H19NO4S. The van der Waals surface area contributed by atoms with Gasteiger partial charge in [0.25, 0.3) is 0 Å². The van der Waals surface area contributed by atoms with Crippen LogP contribution in [0.1, 0.15) is 19.3 Å². The first-order valence-corrected chi connectivity index (χ1v) is 7.70. The van der Waals surface area contributed by atoms with E-state index in [0.29, 0.717) is 13.0 Å². The van der Waals surface area contributed by atoms with Gasteiger partial charge in [0.2, 0.25) is 0 Å². The van der Waals surface area contributed by atoms with Crippen LogP contribution in [-0.4, -0.2) is 57.5 Å². The van der Waals surface area contributed by atoms with Crippen LogP contribution >= 0.6 is 0 Å². The molecule has 1 heterocycles. The minimum absolute atomic E-state index is 0.0575. The van der Waals surface area contributed by atoms with Crippen LogP contribution in [0.3, 0.4) is 0 Å². The van der Waals surface area contributed by atoms with Gasteiger partial charge >= 0.3 is 5.97 Å². The molecule has 2 fully saturated rings. The molecule has 0 aromatic rings. The van der Waals surface area contributed by atoms with Crippen molar-refractivity contribution in [3.63, 3.8) is 0 Å². The molecule has 1 aliphatic heterocycles. The molecule has 6 heteroatoms. The van der Waals surface area contributed by atoms with Gasteiger partial charge in [-0.15, -0.1) is 0 Å². The summed E-state index contributed by atoms with van der Waals surface area (Å²) < 4.78 is 27.6. The van der Waals surface area contributed by atoms with Crippen molar-refractivity contribution in [2.45, 2.75) is 25.3 Å². The molecule has 17 heavy (non-hydrogen) atoms. The SMILES string of the molecule is COC(=O)C1(CN(C)C2CCS(=O)(=O)C2)CC1. The highest BCUT2D eigenvalue weighted by atomic mass is 32.2. The fourth-order valence-electron chi connectivity index (χ4n) is 2.52. The Morgan fingerprint density at radius 3 is 2.53 bits per heavy atom. The van der Waals surface area contributed by atoms with Crippen LogP contribution < -0.4 is 0 Å². The fraction of sp³-hybridized carbons (Fsp3) is 0.909. The molecule has 0 aromatic carbocycles. The molecule has 1 unspecified atom stereocenters. The molecule has 1 saturated carbocycles. The van der Waals surface area contributed by atoms with Crippen LogP contribution in [0.2, 0.25) is 0 Å². The number of rotatable bonds is 4. The first-order chi connectivity index (χ1) is 7.88. The standard InChI is InChI=1S/C11H19NO4S/c1-12(9-3-6-17(14,15)7-9)8-11(4-5-11)10(13)16-2/h9H,3-8H2,1-2H3. The van der Waals surface area contributed by atoms with Crippen LogP contribution in [0, 0.1) is 5.41 Å². The zero-order valence-electron chi connectivity index (χ0n) is 10.3. The maximum absolute atomic E-state index is 11.6. The average Bonchev–Trinajstić information content (AvgIpc) is 2.95. The minimum atomic E-state index is -2.86. The number of carbonyl (C=O) groups is 1. The summed E-state index contributed by atoms with van der Waals surface area (Å²) in [6.45, 7) is 0.611. The number of nitrogens with zero attached hydrogens (tertiary/aromatic N) is 1. The van der Waals surface area contributed by atoms with Gasteiger partial charge in [-0.1, -0.05) is 0 Å². The van der Waals surface area contributed by atoms with E-state index in [-0.39, 0.29) is 28.9 Å². The Bertz CT molecular complexity index is 413. The fourth-order valence-corrected chi connectivity index (χ4v) is 4.33. The lowest BCUT2D eigenvalue weighted by atomic mass is 10.1.